The predicted molar refractivity (Wildman–Crippen MR) is 140 cm³/mol. The Balaban J connectivity index is 1.72. The summed E-state index contributed by atoms with van der Waals surface area (Å²) in [5, 5.41) is 2.79. The number of hydrogen-bond donors (Lipinski definition) is 1. The van der Waals surface area contributed by atoms with Crippen molar-refractivity contribution in [1.82, 2.24) is 14.5 Å². The second-order valence-corrected chi connectivity index (χ2v) is 9.18. The third-order valence-electron chi connectivity index (χ3n) is 6.67. The van der Waals surface area contributed by atoms with Gasteiger partial charge in [0.05, 0.1) is 24.7 Å². The third-order valence-corrected chi connectivity index (χ3v) is 6.67. The number of rotatable bonds is 7. The lowest BCUT2D eigenvalue weighted by molar-refractivity contribution is -0.119. The van der Waals surface area contributed by atoms with Crippen LogP contribution in [0.2, 0.25) is 0 Å². The Bertz CT molecular complexity index is 1660. The molecule has 5 rings (SSSR count). The first-order valence-electron chi connectivity index (χ1n) is 12.2. The molecule has 0 fully saturated rings. The SMILES string of the molecule is CC(=O)N[C@@H](Cn1c(=O)c(-c2ccc3c(c2)OCO3)c(C)n(Cc2c(F)cccc2F)c1=O)c1ccccc1. The lowest BCUT2D eigenvalue weighted by atomic mass is 10.0. The summed E-state index contributed by atoms with van der Waals surface area (Å²) >= 11 is 0. The van der Waals surface area contributed by atoms with Crippen LogP contribution in [0.1, 0.15) is 29.8 Å². The molecule has 8 nitrogen and oxygen atoms in total. The molecule has 0 spiro atoms. The van der Waals surface area contributed by atoms with Crippen LogP contribution in [0.3, 0.4) is 0 Å². The second-order valence-electron chi connectivity index (χ2n) is 9.18. The van der Waals surface area contributed by atoms with Crippen molar-refractivity contribution >= 4 is 5.91 Å². The monoisotopic (exact) mass is 533 g/mol. The molecule has 0 saturated heterocycles. The lowest BCUT2D eigenvalue weighted by Crippen LogP contribution is -2.45. The highest BCUT2D eigenvalue weighted by Crippen LogP contribution is 2.36. The van der Waals surface area contributed by atoms with Gasteiger partial charge in [-0.25, -0.2) is 13.6 Å². The van der Waals surface area contributed by atoms with Gasteiger partial charge < -0.3 is 14.8 Å². The fourth-order valence-electron chi connectivity index (χ4n) is 4.72. The number of hydrogen-bond acceptors (Lipinski definition) is 5. The number of amides is 1. The Morgan fingerprint density at radius 1 is 0.949 bits per heavy atom. The molecule has 0 saturated carbocycles. The zero-order valence-corrected chi connectivity index (χ0v) is 21.2. The van der Waals surface area contributed by atoms with Crippen LogP contribution in [0.25, 0.3) is 11.1 Å². The van der Waals surface area contributed by atoms with Gasteiger partial charge in [-0.1, -0.05) is 42.5 Å². The smallest absolute Gasteiger partial charge is 0.331 e. The van der Waals surface area contributed by atoms with Gasteiger partial charge in [-0.05, 0) is 42.3 Å². The first-order chi connectivity index (χ1) is 18.7. The Hall–Kier alpha value is -4.73. The van der Waals surface area contributed by atoms with Crippen LogP contribution < -0.4 is 26.0 Å². The van der Waals surface area contributed by atoms with Gasteiger partial charge in [0, 0.05) is 18.2 Å². The summed E-state index contributed by atoms with van der Waals surface area (Å²) in [6, 6.07) is 16.6. The minimum atomic E-state index is -0.816. The van der Waals surface area contributed by atoms with Gasteiger partial charge in [-0.2, -0.15) is 0 Å². The van der Waals surface area contributed by atoms with E-state index in [1.165, 1.54) is 17.6 Å². The molecule has 0 aliphatic carbocycles. The Labute approximate surface area is 222 Å². The molecule has 10 heteroatoms. The molecule has 1 atom stereocenters. The average molecular weight is 534 g/mol. The molecule has 1 amide bonds. The van der Waals surface area contributed by atoms with Gasteiger partial charge in [-0.15, -0.1) is 0 Å². The largest absolute Gasteiger partial charge is 0.454 e. The average Bonchev–Trinajstić information content (AvgIpc) is 3.38. The van der Waals surface area contributed by atoms with Crippen molar-refractivity contribution in [3.05, 3.63) is 116 Å². The standard InChI is InChI=1S/C29H25F2N3O5/c1-17-27(20-11-12-25-26(13-20)39-16-38-25)28(36)34(15-24(32-18(2)35)19-7-4-3-5-8-19)29(37)33(17)14-21-22(30)9-6-10-23(21)31/h3-13,24H,14-16H2,1-2H3,(H,32,35)/t24-/m0/s1. The zero-order valence-electron chi connectivity index (χ0n) is 21.2. The molecule has 1 aromatic heterocycles. The van der Waals surface area contributed by atoms with Gasteiger partial charge in [0.25, 0.3) is 5.56 Å². The van der Waals surface area contributed by atoms with Crippen LogP contribution in [0.15, 0.2) is 76.3 Å². The summed E-state index contributed by atoms with van der Waals surface area (Å²) in [7, 11) is 0. The number of nitrogens with one attached hydrogen (secondary N) is 1. The van der Waals surface area contributed by atoms with E-state index in [4.69, 9.17) is 9.47 Å². The van der Waals surface area contributed by atoms with E-state index in [9.17, 15) is 23.2 Å². The number of carbonyl (C=O) groups is 1. The molecule has 1 aliphatic rings. The first kappa shape index (κ1) is 25.9. The number of nitrogens with zero attached hydrogens (tertiary/aromatic N) is 2. The third kappa shape index (κ3) is 5.05. The molecule has 1 aliphatic heterocycles. The molecule has 0 unspecified atom stereocenters. The fourth-order valence-corrected chi connectivity index (χ4v) is 4.72. The summed E-state index contributed by atoms with van der Waals surface area (Å²) in [4.78, 5) is 39.7. The van der Waals surface area contributed by atoms with Crippen molar-refractivity contribution in [2.75, 3.05) is 6.79 Å². The van der Waals surface area contributed by atoms with Crippen LogP contribution in [0.5, 0.6) is 11.5 Å². The molecule has 3 aromatic carbocycles. The lowest BCUT2D eigenvalue weighted by Gasteiger charge is -2.22. The number of benzene rings is 3. The van der Waals surface area contributed by atoms with Crippen LogP contribution in [0, 0.1) is 18.6 Å². The summed E-state index contributed by atoms with van der Waals surface area (Å²) in [6.45, 7) is 2.26. The topological polar surface area (TPSA) is 91.6 Å². The number of aromatic nitrogens is 2. The molecule has 39 heavy (non-hydrogen) atoms. The van der Waals surface area contributed by atoms with Gasteiger partial charge >= 0.3 is 5.69 Å². The number of halogens is 2. The van der Waals surface area contributed by atoms with E-state index in [-0.39, 0.29) is 36.1 Å². The Morgan fingerprint density at radius 3 is 2.33 bits per heavy atom. The van der Waals surface area contributed by atoms with E-state index in [1.54, 1.807) is 55.5 Å². The molecule has 1 N–H and O–H groups in total. The minimum Gasteiger partial charge on any atom is -0.454 e. The Morgan fingerprint density at radius 2 is 1.64 bits per heavy atom. The summed E-state index contributed by atoms with van der Waals surface area (Å²) in [5.74, 6) is -1.05. The highest BCUT2D eigenvalue weighted by molar-refractivity contribution is 5.73. The van der Waals surface area contributed by atoms with Crippen molar-refractivity contribution in [3.8, 4) is 22.6 Å². The number of fused-ring (bicyclic) bond motifs is 1. The number of carbonyl (C=O) groups excluding carboxylic acids is 1. The first-order valence-corrected chi connectivity index (χ1v) is 12.2. The van der Waals surface area contributed by atoms with Crippen molar-refractivity contribution < 1.29 is 23.0 Å². The normalized spacial score (nSPS) is 12.8. The summed E-state index contributed by atoms with van der Waals surface area (Å²) < 4.78 is 42.3. The van der Waals surface area contributed by atoms with E-state index >= 15 is 0 Å². The quantitative estimate of drug-likeness (QED) is 0.389. The predicted octanol–water partition coefficient (Wildman–Crippen LogP) is 3.92. The molecule has 2 heterocycles. The highest BCUT2D eigenvalue weighted by atomic mass is 19.1. The Kier molecular flexibility index (Phi) is 7.02. The molecule has 0 radical (unpaired) electrons. The van der Waals surface area contributed by atoms with Crippen molar-refractivity contribution in [2.45, 2.75) is 33.0 Å². The van der Waals surface area contributed by atoms with Crippen LogP contribution >= 0.6 is 0 Å². The van der Waals surface area contributed by atoms with E-state index in [2.05, 4.69) is 5.32 Å². The van der Waals surface area contributed by atoms with E-state index in [1.807, 2.05) is 0 Å². The molecular weight excluding hydrogens is 508 g/mol. The van der Waals surface area contributed by atoms with Crippen molar-refractivity contribution in [1.29, 1.82) is 0 Å². The van der Waals surface area contributed by atoms with Crippen molar-refractivity contribution in [2.24, 2.45) is 0 Å². The summed E-state index contributed by atoms with van der Waals surface area (Å²) in [5.41, 5.74) is -0.211. The summed E-state index contributed by atoms with van der Waals surface area (Å²) in [6.07, 6.45) is 0. The molecule has 0 bridgehead atoms. The number of ether oxygens (including phenoxy) is 2. The van der Waals surface area contributed by atoms with Gasteiger partial charge in [0.1, 0.15) is 11.6 Å². The maximum absolute atomic E-state index is 14.6. The van der Waals surface area contributed by atoms with Crippen molar-refractivity contribution in [3.63, 3.8) is 0 Å². The second kappa shape index (κ2) is 10.6. The molecule has 4 aromatic rings. The van der Waals surface area contributed by atoms with E-state index < -0.39 is 35.5 Å². The van der Waals surface area contributed by atoms with Gasteiger partial charge in [0.2, 0.25) is 12.7 Å². The molecule has 200 valence electrons. The highest BCUT2D eigenvalue weighted by Gasteiger charge is 2.24. The van der Waals surface area contributed by atoms with Gasteiger partial charge in [0.15, 0.2) is 11.5 Å². The minimum absolute atomic E-state index is 0.0313. The van der Waals surface area contributed by atoms with Crippen LogP contribution in [-0.4, -0.2) is 21.8 Å². The zero-order chi connectivity index (χ0) is 27.7. The van der Waals surface area contributed by atoms with Gasteiger partial charge in [-0.3, -0.25) is 18.7 Å². The molecular formula is C29H25F2N3O5. The maximum Gasteiger partial charge on any atom is 0.331 e. The van der Waals surface area contributed by atoms with Crippen LogP contribution in [-0.2, 0) is 17.9 Å². The van der Waals surface area contributed by atoms with E-state index in [0.29, 0.717) is 22.6 Å². The van der Waals surface area contributed by atoms with E-state index in [0.717, 1.165) is 16.7 Å². The maximum atomic E-state index is 14.6. The van der Waals surface area contributed by atoms with Crippen LogP contribution in [0.4, 0.5) is 8.78 Å². The fraction of sp³-hybridized carbons (Fsp3) is 0.207.